The Morgan fingerprint density at radius 2 is 1.67 bits per heavy atom. The van der Waals surface area contributed by atoms with Crippen LogP contribution in [-0.2, 0) is 4.74 Å². The number of carbonyl (C=O) groups excluding carboxylic acids is 1. The van der Waals surface area contributed by atoms with Crippen molar-refractivity contribution in [2.75, 3.05) is 61.6 Å². The summed E-state index contributed by atoms with van der Waals surface area (Å²) in [5.74, 6) is -0.986. The summed E-state index contributed by atoms with van der Waals surface area (Å²) in [6.07, 6.45) is 3.17. The first-order valence-electron chi connectivity index (χ1n) is 12.9. The highest BCUT2D eigenvalue weighted by Crippen LogP contribution is 2.36. The van der Waals surface area contributed by atoms with E-state index in [1.54, 1.807) is 18.5 Å². The van der Waals surface area contributed by atoms with Gasteiger partial charge in [0.1, 0.15) is 11.6 Å². The van der Waals surface area contributed by atoms with E-state index in [4.69, 9.17) is 16.3 Å². The quantitative estimate of drug-likeness (QED) is 0.488. The summed E-state index contributed by atoms with van der Waals surface area (Å²) in [5, 5.41) is 2.76. The van der Waals surface area contributed by atoms with E-state index in [0.29, 0.717) is 62.3 Å². The molecule has 0 saturated carbocycles. The van der Waals surface area contributed by atoms with Crippen LogP contribution >= 0.6 is 11.6 Å². The second-order valence-corrected chi connectivity index (χ2v) is 10.5. The number of amides is 1. The third-order valence-corrected chi connectivity index (χ3v) is 7.75. The predicted molar refractivity (Wildman–Crippen MR) is 149 cm³/mol. The number of ether oxygens (including phenoxy) is 1. The average Bonchev–Trinajstić information content (AvgIpc) is 2.94. The lowest BCUT2D eigenvalue weighted by molar-refractivity contribution is 0.102. The lowest BCUT2D eigenvalue weighted by atomic mass is 10.0. The molecule has 2 aromatic carbocycles. The van der Waals surface area contributed by atoms with Gasteiger partial charge in [-0.15, -0.1) is 0 Å². The molecule has 0 bridgehead atoms. The number of hydrogen-bond acceptors (Lipinski definition) is 7. The summed E-state index contributed by atoms with van der Waals surface area (Å²) in [4.78, 5) is 28.5. The first-order valence-corrected chi connectivity index (χ1v) is 13.3. The third-order valence-electron chi connectivity index (χ3n) is 7.46. The van der Waals surface area contributed by atoms with E-state index in [9.17, 15) is 9.18 Å². The molecule has 1 N–H and O–H groups in total. The maximum absolute atomic E-state index is 15.7. The molecule has 5 rings (SSSR count). The van der Waals surface area contributed by atoms with Crippen LogP contribution in [0.25, 0.3) is 11.1 Å². The number of piperazine rings is 1. The third kappa shape index (κ3) is 5.83. The van der Waals surface area contributed by atoms with Crippen LogP contribution < -0.4 is 15.1 Å². The summed E-state index contributed by atoms with van der Waals surface area (Å²) in [6, 6.07) is 7.27. The van der Waals surface area contributed by atoms with E-state index in [2.05, 4.69) is 46.0 Å². The van der Waals surface area contributed by atoms with Crippen LogP contribution in [0.5, 0.6) is 0 Å². The maximum atomic E-state index is 15.7. The Labute approximate surface area is 231 Å². The lowest BCUT2D eigenvalue weighted by Crippen LogP contribution is -2.55. The van der Waals surface area contributed by atoms with Crippen LogP contribution in [0.3, 0.4) is 0 Å². The Balaban J connectivity index is 1.50. The van der Waals surface area contributed by atoms with E-state index in [1.165, 1.54) is 18.2 Å². The Morgan fingerprint density at radius 3 is 2.31 bits per heavy atom. The number of morpholine rings is 1. The molecule has 0 spiro atoms. The SMILES string of the molecule is CC1CN(c2cc(F)c(-c3cnc(N4CCOCC4)nc3)cc2NC(=O)c2ccc(F)c(Cl)c2)CC(C)N1C. The molecule has 11 heteroatoms. The summed E-state index contributed by atoms with van der Waals surface area (Å²) >= 11 is 5.91. The Kier molecular flexibility index (Phi) is 7.97. The van der Waals surface area contributed by atoms with Gasteiger partial charge in [-0.1, -0.05) is 11.6 Å². The van der Waals surface area contributed by atoms with Crippen molar-refractivity contribution < 1.29 is 18.3 Å². The molecule has 206 valence electrons. The Morgan fingerprint density at radius 1 is 1.00 bits per heavy atom. The molecule has 1 amide bonds. The topological polar surface area (TPSA) is 73.8 Å². The number of anilines is 3. The molecule has 0 aliphatic carbocycles. The Hall–Kier alpha value is -3.34. The standard InChI is InChI=1S/C28H31ClF2N6O2/c1-17-15-37(16-18(2)35(17)3)26-12-24(31)21(20-13-32-28(33-14-20)36-6-8-39-9-7-36)11-25(26)34-27(38)19-4-5-23(30)22(29)10-19/h4-5,10-14,17-18H,6-9,15-16H2,1-3H3,(H,34,38). The molecule has 3 heterocycles. The number of nitrogens with one attached hydrogen (secondary N) is 1. The fraction of sp³-hybridized carbons (Fsp3) is 0.393. The fourth-order valence-electron chi connectivity index (χ4n) is 4.97. The molecular weight excluding hydrogens is 526 g/mol. The number of nitrogens with zero attached hydrogens (tertiary/aromatic N) is 5. The molecule has 39 heavy (non-hydrogen) atoms. The highest BCUT2D eigenvalue weighted by Gasteiger charge is 2.29. The van der Waals surface area contributed by atoms with Gasteiger partial charge in [-0.05, 0) is 51.2 Å². The molecular formula is C28H31ClF2N6O2. The van der Waals surface area contributed by atoms with Gasteiger partial charge in [0.15, 0.2) is 0 Å². The number of benzene rings is 2. The van der Waals surface area contributed by atoms with Crippen molar-refractivity contribution in [2.45, 2.75) is 25.9 Å². The van der Waals surface area contributed by atoms with Crippen LogP contribution in [0.15, 0.2) is 42.7 Å². The summed E-state index contributed by atoms with van der Waals surface area (Å²) < 4.78 is 34.7. The normalized spacial score (nSPS) is 20.3. The van der Waals surface area contributed by atoms with Gasteiger partial charge in [-0.3, -0.25) is 9.69 Å². The van der Waals surface area contributed by atoms with Gasteiger partial charge in [-0.2, -0.15) is 0 Å². The van der Waals surface area contributed by atoms with Gasteiger partial charge in [0.2, 0.25) is 5.95 Å². The van der Waals surface area contributed by atoms with Crippen molar-refractivity contribution in [1.29, 1.82) is 0 Å². The van der Waals surface area contributed by atoms with Crippen molar-refractivity contribution in [1.82, 2.24) is 14.9 Å². The van der Waals surface area contributed by atoms with E-state index >= 15 is 4.39 Å². The first kappa shape index (κ1) is 27.2. The van der Waals surface area contributed by atoms with Crippen molar-refractivity contribution in [3.05, 3.63) is 64.9 Å². The van der Waals surface area contributed by atoms with Gasteiger partial charge < -0.3 is 19.9 Å². The molecule has 2 unspecified atom stereocenters. The van der Waals surface area contributed by atoms with Crippen molar-refractivity contribution >= 4 is 34.8 Å². The molecule has 3 aromatic rings. The largest absolute Gasteiger partial charge is 0.378 e. The monoisotopic (exact) mass is 556 g/mol. The molecule has 8 nitrogen and oxygen atoms in total. The summed E-state index contributed by atoms with van der Waals surface area (Å²) in [5.41, 5.74) is 1.93. The number of hydrogen-bond donors (Lipinski definition) is 1. The molecule has 0 radical (unpaired) electrons. The second kappa shape index (κ2) is 11.4. The van der Waals surface area contributed by atoms with Crippen molar-refractivity contribution in [2.24, 2.45) is 0 Å². The molecule has 2 aliphatic rings. The summed E-state index contributed by atoms with van der Waals surface area (Å²) in [6.45, 7) is 8.12. The zero-order chi connectivity index (χ0) is 27.7. The second-order valence-electron chi connectivity index (χ2n) is 10.1. The molecule has 2 aliphatic heterocycles. The van der Waals surface area contributed by atoms with Gasteiger partial charge >= 0.3 is 0 Å². The van der Waals surface area contributed by atoms with Gasteiger partial charge in [-0.25, -0.2) is 18.7 Å². The number of aromatic nitrogens is 2. The number of likely N-dealkylation sites (N-methyl/N-ethyl adjacent to an activating group) is 1. The summed E-state index contributed by atoms with van der Waals surface area (Å²) in [7, 11) is 2.07. The minimum Gasteiger partial charge on any atom is -0.378 e. The van der Waals surface area contributed by atoms with Crippen LogP contribution in [-0.4, -0.2) is 79.3 Å². The number of halogens is 3. The van der Waals surface area contributed by atoms with Crippen LogP contribution in [0.1, 0.15) is 24.2 Å². The van der Waals surface area contributed by atoms with Crippen molar-refractivity contribution in [3.8, 4) is 11.1 Å². The first-order chi connectivity index (χ1) is 18.7. The molecule has 2 saturated heterocycles. The molecule has 2 fully saturated rings. The van der Waals surface area contributed by atoms with Crippen LogP contribution in [0, 0.1) is 11.6 Å². The zero-order valence-corrected chi connectivity index (χ0v) is 22.9. The smallest absolute Gasteiger partial charge is 0.255 e. The van der Waals surface area contributed by atoms with E-state index in [1.807, 2.05) is 4.90 Å². The van der Waals surface area contributed by atoms with Crippen molar-refractivity contribution in [3.63, 3.8) is 0 Å². The highest BCUT2D eigenvalue weighted by atomic mass is 35.5. The lowest BCUT2D eigenvalue weighted by Gasteiger charge is -2.44. The number of rotatable bonds is 5. The van der Waals surface area contributed by atoms with Gasteiger partial charge in [0.25, 0.3) is 5.91 Å². The maximum Gasteiger partial charge on any atom is 0.255 e. The van der Waals surface area contributed by atoms with Gasteiger partial charge in [0, 0.05) is 67.3 Å². The van der Waals surface area contributed by atoms with Crippen LogP contribution in [0.4, 0.5) is 26.1 Å². The van der Waals surface area contributed by atoms with Gasteiger partial charge in [0.05, 0.1) is 29.6 Å². The fourth-order valence-corrected chi connectivity index (χ4v) is 5.15. The van der Waals surface area contributed by atoms with Crippen LogP contribution in [0.2, 0.25) is 5.02 Å². The number of carbonyl (C=O) groups is 1. The minimum absolute atomic E-state index is 0.151. The Bertz CT molecular complexity index is 1340. The van der Waals surface area contributed by atoms with E-state index in [-0.39, 0.29) is 28.2 Å². The predicted octanol–water partition coefficient (Wildman–Crippen LogP) is 4.69. The van der Waals surface area contributed by atoms with E-state index in [0.717, 1.165) is 6.07 Å². The van der Waals surface area contributed by atoms with E-state index < -0.39 is 17.5 Å². The molecule has 2 atom stereocenters. The highest BCUT2D eigenvalue weighted by molar-refractivity contribution is 6.31. The zero-order valence-electron chi connectivity index (χ0n) is 22.1. The minimum atomic E-state index is -0.612. The molecule has 1 aromatic heterocycles. The average molecular weight is 557 g/mol.